The summed E-state index contributed by atoms with van der Waals surface area (Å²) in [5.41, 5.74) is 0. The highest BCUT2D eigenvalue weighted by Gasteiger charge is 2.19. The van der Waals surface area contributed by atoms with Gasteiger partial charge < -0.3 is 14.8 Å². The van der Waals surface area contributed by atoms with Crippen LogP contribution in [0.2, 0.25) is 15.1 Å². The number of rotatable bonds is 6. The molecule has 1 heterocycles. The average molecular weight is 404 g/mol. The molecule has 0 saturated heterocycles. The Kier molecular flexibility index (Phi) is 6.87. The number of aromatic nitrogens is 1. The number of pyridine rings is 1. The number of esters is 1. The van der Waals surface area contributed by atoms with Gasteiger partial charge in [0.2, 0.25) is 0 Å². The third-order valence-electron chi connectivity index (χ3n) is 2.87. The molecular formula is C16H13Cl3N2O4. The summed E-state index contributed by atoms with van der Waals surface area (Å²) in [4.78, 5) is 27.5. The van der Waals surface area contributed by atoms with Crippen molar-refractivity contribution in [1.82, 2.24) is 4.98 Å². The zero-order valence-electron chi connectivity index (χ0n) is 13.0. The van der Waals surface area contributed by atoms with E-state index >= 15 is 0 Å². The van der Waals surface area contributed by atoms with E-state index in [1.165, 1.54) is 31.3 Å². The molecule has 132 valence electrons. The van der Waals surface area contributed by atoms with Crippen LogP contribution in [0.15, 0.2) is 36.5 Å². The Balaban J connectivity index is 1.82. The van der Waals surface area contributed by atoms with Crippen molar-refractivity contribution in [2.24, 2.45) is 0 Å². The zero-order chi connectivity index (χ0) is 18.4. The fourth-order valence-electron chi connectivity index (χ4n) is 1.69. The van der Waals surface area contributed by atoms with Gasteiger partial charge in [0, 0.05) is 11.2 Å². The van der Waals surface area contributed by atoms with Crippen LogP contribution in [-0.2, 0) is 14.3 Å². The Morgan fingerprint density at radius 3 is 2.52 bits per heavy atom. The first-order valence-electron chi connectivity index (χ1n) is 7.05. The highest BCUT2D eigenvalue weighted by Crippen LogP contribution is 2.28. The first-order chi connectivity index (χ1) is 11.8. The minimum atomic E-state index is -0.958. The van der Waals surface area contributed by atoms with E-state index in [1.807, 2.05) is 0 Å². The monoisotopic (exact) mass is 402 g/mol. The molecule has 0 aliphatic heterocycles. The van der Waals surface area contributed by atoms with Crippen molar-refractivity contribution in [3.05, 3.63) is 51.6 Å². The molecule has 0 spiro atoms. The maximum atomic E-state index is 11.9. The molecule has 0 saturated carbocycles. The van der Waals surface area contributed by atoms with E-state index in [1.54, 1.807) is 12.1 Å². The Hall–Kier alpha value is -2.02. The molecule has 0 aliphatic rings. The van der Waals surface area contributed by atoms with E-state index in [0.29, 0.717) is 15.9 Å². The van der Waals surface area contributed by atoms with E-state index in [2.05, 4.69) is 10.3 Å². The summed E-state index contributed by atoms with van der Waals surface area (Å²) in [5.74, 6) is -0.682. The number of nitrogens with one attached hydrogen (secondary N) is 1. The molecular weight excluding hydrogens is 391 g/mol. The molecule has 0 fully saturated rings. The van der Waals surface area contributed by atoms with Crippen molar-refractivity contribution >= 4 is 52.5 Å². The summed E-state index contributed by atoms with van der Waals surface area (Å²) in [6.07, 6.45) is 0.426. The topological polar surface area (TPSA) is 77.5 Å². The predicted molar refractivity (Wildman–Crippen MR) is 95.4 cm³/mol. The van der Waals surface area contributed by atoms with Gasteiger partial charge in [-0.3, -0.25) is 4.79 Å². The summed E-state index contributed by atoms with van der Waals surface area (Å²) in [7, 11) is 0. The summed E-state index contributed by atoms with van der Waals surface area (Å²) in [6, 6.07) is 7.70. The van der Waals surface area contributed by atoms with E-state index < -0.39 is 24.6 Å². The smallest absolute Gasteiger partial charge is 0.347 e. The van der Waals surface area contributed by atoms with Crippen molar-refractivity contribution in [2.45, 2.75) is 13.0 Å². The summed E-state index contributed by atoms with van der Waals surface area (Å²) < 4.78 is 10.3. The quantitative estimate of drug-likeness (QED) is 0.738. The molecule has 0 bridgehead atoms. The predicted octanol–water partition coefficient (Wildman–Crippen LogP) is 3.99. The molecule has 1 aromatic carbocycles. The number of amides is 1. The van der Waals surface area contributed by atoms with Gasteiger partial charge in [0.25, 0.3) is 5.91 Å². The van der Waals surface area contributed by atoms with Crippen molar-refractivity contribution in [2.75, 3.05) is 11.9 Å². The van der Waals surface area contributed by atoms with Gasteiger partial charge in [0.05, 0.1) is 10.0 Å². The van der Waals surface area contributed by atoms with Crippen LogP contribution in [0.4, 0.5) is 5.82 Å². The maximum Gasteiger partial charge on any atom is 0.347 e. The second-order valence-electron chi connectivity index (χ2n) is 4.85. The summed E-state index contributed by atoms with van der Waals surface area (Å²) >= 11 is 17.4. The standard InChI is InChI=1S/C16H13Cl3N2O4/c1-9(25-13-4-2-10(17)6-12(13)19)16(23)24-8-15(22)21-14-5-3-11(18)7-20-14/h2-7,9H,8H2,1H3,(H,20,21,22)/t9-/m0/s1. The highest BCUT2D eigenvalue weighted by atomic mass is 35.5. The number of hydrogen-bond donors (Lipinski definition) is 1. The Bertz CT molecular complexity index is 768. The van der Waals surface area contributed by atoms with Crippen LogP contribution in [0, 0.1) is 0 Å². The number of benzene rings is 1. The molecule has 1 atom stereocenters. The van der Waals surface area contributed by atoms with Crippen molar-refractivity contribution in [1.29, 1.82) is 0 Å². The number of ether oxygens (including phenoxy) is 2. The SMILES string of the molecule is C[C@H](Oc1ccc(Cl)cc1Cl)C(=O)OCC(=O)Nc1ccc(Cl)cn1. The first-order valence-corrected chi connectivity index (χ1v) is 8.18. The van der Waals surface area contributed by atoms with E-state index in [4.69, 9.17) is 44.3 Å². The van der Waals surface area contributed by atoms with Gasteiger partial charge in [0.15, 0.2) is 12.7 Å². The van der Waals surface area contributed by atoms with Gasteiger partial charge >= 0.3 is 5.97 Å². The van der Waals surface area contributed by atoms with Crippen LogP contribution in [0.3, 0.4) is 0 Å². The van der Waals surface area contributed by atoms with Gasteiger partial charge in [-0.2, -0.15) is 0 Å². The van der Waals surface area contributed by atoms with Gasteiger partial charge in [-0.25, -0.2) is 9.78 Å². The lowest BCUT2D eigenvalue weighted by Crippen LogP contribution is -2.30. The molecule has 0 aliphatic carbocycles. The van der Waals surface area contributed by atoms with Gasteiger partial charge in [-0.1, -0.05) is 34.8 Å². The van der Waals surface area contributed by atoms with E-state index in [0.717, 1.165) is 0 Å². The van der Waals surface area contributed by atoms with Gasteiger partial charge in [0.1, 0.15) is 11.6 Å². The lowest BCUT2D eigenvalue weighted by molar-refractivity contribution is -0.153. The Labute approximate surface area is 159 Å². The second-order valence-corrected chi connectivity index (χ2v) is 6.13. The Morgan fingerprint density at radius 2 is 1.88 bits per heavy atom. The van der Waals surface area contributed by atoms with E-state index in [-0.39, 0.29) is 10.8 Å². The summed E-state index contributed by atoms with van der Waals surface area (Å²) in [6.45, 7) is 0.997. The molecule has 0 unspecified atom stereocenters. The molecule has 2 aromatic rings. The lowest BCUT2D eigenvalue weighted by atomic mass is 10.3. The van der Waals surface area contributed by atoms with Crippen molar-refractivity contribution < 1.29 is 19.1 Å². The number of carbonyl (C=O) groups excluding carboxylic acids is 2. The van der Waals surface area contributed by atoms with Crippen molar-refractivity contribution in [3.63, 3.8) is 0 Å². The number of hydrogen-bond acceptors (Lipinski definition) is 5. The van der Waals surface area contributed by atoms with Crippen molar-refractivity contribution in [3.8, 4) is 5.75 Å². The molecule has 1 aromatic heterocycles. The number of anilines is 1. The third-order valence-corrected chi connectivity index (χ3v) is 3.62. The zero-order valence-corrected chi connectivity index (χ0v) is 15.2. The maximum absolute atomic E-state index is 11.9. The molecule has 6 nitrogen and oxygen atoms in total. The normalized spacial score (nSPS) is 11.5. The molecule has 9 heteroatoms. The largest absolute Gasteiger partial charge is 0.477 e. The molecule has 1 N–H and O–H groups in total. The Morgan fingerprint density at radius 1 is 1.16 bits per heavy atom. The van der Waals surface area contributed by atoms with E-state index in [9.17, 15) is 9.59 Å². The van der Waals surface area contributed by atoms with Crippen LogP contribution in [0.1, 0.15) is 6.92 Å². The van der Waals surface area contributed by atoms with Crippen LogP contribution in [0.5, 0.6) is 5.75 Å². The fraction of sp³-hybridized carbons (Fsp3) is 0.188. The van der Waals surface area contributed by atoms with Crippen LogP contribution in [0.25, 0.3) is 0 Å². The van der Waals surface area contributed by atoms with Crippen LogP contribution < -0.4 is 10.1 Å². The number of carbonyl (C=O) groups is 2. The molecule has 2 rings (SSSR count). The molecule has 0 radical (unpaired) electrons. The highest BCUT2D eigenvalue weighted by molar-refractivity contribution is 6.35. The van der Waals surface area contributed by atoms with Crippen LogP contribution >= 0.6 is 34.8 Å². The first kappa shape index (κ1) is 19.3. The lowest BCUT2D eigenvalue weighted by Gasteiger charge is -2.15. The second kappa shape index (κ2) is 8.89. The molecule has 1 amide bonds. The minimum Gasteiger partial charge on any atom is -0.477 e. The van der Waals surface area contributed by atoms with Gasteiger partial charge in [-0.15, -0.1) is 0 Å². The third kappa shape index (κ3) is 6.08. The van der Waals surface area contributed by atoms with Gasteiger partial charge in [-0.05, 0) is 37.3 Å². The van der Waals surface area contributed by atoms with Crippen LogP contribution in [-0.4, -0.2) is 29.6 Å². The number of nitrogens with zero attached hydrogens (tertiary/aromatic N) is 1. The molecule has 25 heavy (non-hydrogen) atoms. The minimum absolute atomic E-state index is 0.263. The number of halogens is 3. The summed E-state index contributed by atoms with van der Waals surface area (Å²) in [5, 5.41) is 3.61. The average Bonchev–Trinajstić information content (AvgIpc) is 2.57. The fourth-order valence-corrected chi connectivity index (χ4v) is 2.26.